The van der Waals surface area contributed by atoms with Gasteiger partial charge in [0.05, 0.1) is 0 Å². The molecule has 1 aliphatic carbocycles. The Kier molecular flexibility index (Phi) is 3.43. The lowest BCUT2D eigenvalue weighted by atomic mass is 9.68. The van der Waals surface area contributed by atoms with Crippen LogP contribution in [0.15, 0.2) is 0 Å². The standard InChI is InChI=1S/C13H22N2OS/c1-13(2,3)9-6-4-8(5-7-9)10-11(16)15-12(17)14-10/h8-10H,4-7H2,1-3H3,(H2,14,15,16,17). The van der Waals surface area contributed by atoms with Crippen molar-refractivity contribution in [3.05, 3.63) is 0 Å². The summed E-state index contributed by atoms with van der Waals surface area (Å²) < 4.78 is 0. The van der Waals surface area contributed by atoms with Gasteiger partial charge in [-0.2, -0.15) is 0 Å². The molecule has 1 amide bonds. The van der Waals surface area contributed by atoms with Crippen molar-refractivity contribution in [3.8, 4) is 0 Å². The van der Waals surface area contributed by atoms with Crippen LogP contribution in [-0.4, -0.2) is 17.1 Å². The molecule has 1 saturated carbocycles. The molecule has 0 radical (unpaired) electrons. The highest BCUT2D eigenvalue weighted by molar-refractivity contribution is 7.80. The van der Waals surface area contributed by atoms with Crippen LogP contribution in [0, 0.1) is 17.3 Å². The molecule has 1 heterocycles. The van der Waals surface area contributed by atoms with E-state index in [0.29, 0.717) is 16.4 Å². The average molecular weight is 254 g/mol. The van der Waals surface area contributed by atoms with Crippen molar-refractivity contribution in [2.75, 3.05) is 0 Å². The first kappa shape index (κ1) is 12.8. The number of nitrogens with one attached hydrogen (secondary N) is 2. The van der Waals surface area contributed by atoms with Gasteiger partial charge in [0.15, 0.2) is 5.11 Å². The van der Waals surface area contributed by atoms with Gasteiger partial charge < -0.3 is 10.6 Å². The molecule has 0 aromatic rings. The van der Waals surface area contributed by atoms with Crippen LogP contribution in [-0.2, 0) is 4.79 Å². The molecule has 1 atom stereocenters. The fraction of sp³-hybridized carbons (Fsp3) is 0.846. The van der Waals surface area contributed by atoms with Gasteiger partial charge in [0.1, 0.15) is 6.04 Å². The minimum absolute atomic E-state index is 0.0641. The van der Waals surface area contributed by atoms with E-state index in [4.69, 9.17) is 12.2 Å². The number of hydrogen-bond acceptors (Lipinski definition) is 2. The minimum Gasteiger partial charge on any atom is -0.350 e. The van der Waals surface area contributed by atoms with Crippen LogP contribution < -0.4 is 10.6 Å². The quantitative estimate of drug-likeness (QED) is 0.705. The zero-order chi connectivity index (χ0) is 12.6. The summed E-state index contributed by atoms with van der Waals surface area (Å²) in [6.07, 6.45) is 4.73. The summed E-state index contributed by atoms with van der Waals surface area (Å²) in [4.78, 5) is 11.7. The highest BCUT2D eigenvalue weighted by Gasteiger charge is 2.38. The predicted octanol–water partition coefficient (Wildman–Crippen LogP) is 2.21. The van der Waals surface area contributed by atoms with Gasteiger partial charge in [-0.3, -0.25) is 4.79 Å². The lowest BCUT2D eigenvalue weighted by molar-refractivity contribution is -0.121. The number of carbonyl (C=O) groups excluding carboxylic acids is 1. The van der Waals surface area contributed by atoms with Crippen LogP contribution in [0.25, 0.3) is 0 Å². The Labute approximate surface area is 109 Å². The second-order valence-electron chi connectivity index (χ2n) is 6.42. The number of rotatable bonds is 1. The molecule has 1 unspecified atom stereocenters. The van der Waals surface area contributed by atoms with Crippen molar-refractivity contribution in [1.82, 2.24) is 10.6 Å². The largest absolute Gasteiger partial charge is 0.350 e. The topological polar surface area (TPSA) is 41.1 Å². The van der Waals surface area contributed by atoms with Gasteiger partial charge in [-0.25, -0.2) is 0 Å². The third-order valence-electron chi connectivity index (χ3n) is 4.27. The second kappa shape index (κ2) is 4.56. The van der Waals surface area contributed by atoms with E-state index >= 15 is 0 Å². The van der Waals surface area contributed by atoms with E-state index in [-0.39, 0.29) is 11.9 Å². The average Bonchev–Trinajstić information content (AvgIpc) is 2.57. The third-order valence-corrected chi connectivity index (χ3v) is 4.49. The first-order valence-electron chi connectivity index (χ1n) is 6.49. The number of thiocarbonyl (C=S) groups is 1. The van der Waals surface area contributed by atoms with Crippen molar-refractivity contribution < 1.29 is 4.79 Å². The zero-order valence-electron chi connectivity index (χ0n) is 10.9. The summed E-state index contributed by atoms with van der Waals surface area (Å²) in [6.45, 7) is 6.94. The summed E-state index contributed by atoms with van der Waals surface area (Å²) >= 11 is 4.98. The summed E-state index contributed by atoms with van der Waals surface area (Å²) in [5.74, 6) is 1.30. The molecule has 0 spiro atoms. The van der Waals surface area contributed by atoms with Crippen LogP contribution in [0.4, 0.5) is 0 Å². The lowest BCUT2D eigenvalue weighted by Gasteiger charge is -2.38. The van der Waals surface area contributed by atoms with Crippen molar-refractivity contribution in [2.24, 2.45) is 17.3 Å². The minimum atomic E-state index is -0.0802. The van der Waals surface area contributed by atoms with E-state index in [9.17, 15) is 4.79 Å². The Balaban J connectivity index is 1.91. The maximum Gasteiger partial charge on any atom is 0.248 e. The summed E-state index contributed by atoms with van der Waals surface area (Å²) in [6, 6.07) is -0.0802. The fourth-order valence-corrected chi connectivity index (χ4v) is 3.31. The zero-order valence-corrected chi connectivity index (χ0v) is 11.7. The van der Waals surface area contributed by atoms with Gasteiger partial charge in [-0.15, -0.1) is 0 Å². The molecule has 17 heavy (non-hydrogen) atoms. The lowest BCUT2D eigenvalue weighted by Crippen LogP contribution is -2.40. The molecule has 2 fully saturated rings. The van der Waals surface area contributed by atoms with E-state index in [1.807, 2.05) is 0 Å². The third kappa shape index (κ3) is 2.79. The molecule has 3 nitrogen and oxygen atoms in total. The molecule has 1 aliphatic heterocycles. The van der Waals surface area contributed by atoms with Gasteiger partial charge in [-0.05, 0) is 55.2 Å². The molecule has 2 N–H and O–H groups in total. The normalized spacial score (nSPS) is 34.4. The van der Waals surface area contributed by atoms with Crippen molar-refractivity contribution in [1.29, 1.82) is 0 Å². The Morgan fingerprint density at radius 1 is 1.18 bits per heavy atom. The summed E-state index contributed by atoms with van der Waals surface area (Å²) in [5.41, 5.74) is 0.394. The predicted molar refractivity (Wildman–Crippen MR) is 72.6 cm³/mol. The summed E-state index contributed by atoms with van der Waals surface area (Å²) in [5, 5.41) is 6.28. The van der Waals surface area contributed by atoms with Crippen molar-refractivity contribution >= 4 is 23.2 Å². The van der Waals surface area contributed by atoms with Gasteiger partial charge in [0.2, 0.25) is 5.91 Å². The number of amides is 1. The molecule has 0 aromatic heterocycles. The van der Waals surface area contributed by atoms with Crippen LogP contribution in [0.5, 0.6) is 0 Å². The maximum absolute atomic E-state index is 11.7. The van der Waals surface area contributed by atoms with Gasteiger partial charge in [-0.1, -0.05) is 20.8 Å². The van der Waals surface area contributed by atoms with Crippen molar-refractivity contribution in [2.45, 2.75) is 52.5 Å². The Bertz CT molecular complexity index is 327. The van der Waals surface area contributed by atoms with E-state index in [0.717, 1.165) is 18.8 Å². The van der Waals surface area contributed by atoms with Gasteiger partial charge in [0.25, 0.3) is 0 Å². The van der Waals surface area contributed by atoms with Crippen LogP contribution in [0.2, 0.25) is 0 Å². The highest BCUT2D eigenvalue weighted by atomic mass is 32.1. The highest BCUT2D eigenvalue weighted by Crippen LogP contribution is 2.40. The van der Waals surface area contributed by atoms with Crippen LogP contribution >= 0.6 is 12.2 Å². The van der Waals surface area contributed by atoms with Crippen LogP contribution in [0.3, 0.4) is 0 Å². The first-order valence-corrected chi connectivity index (χ1v) is 6.90. The van der Waals surface area contributed by atoms with E-state index in [1.165, 1.54) is 12.8 Å². The molecule has 0 bridgehead atoms. The second-order valence-corrected chi connectivity index (χ2v) is 6.83. The van der Waals surface area contributed by atoms with Gasteiger partial charge in [0, 0.05) is 0 Å². The SMILES string of the molecule is CC(C)(C)C1CCC(C2NC(=S)NC2=O)CC1. The van der Waals surface area contributed by atoms with E-state index in [2.05, 4.69) is 31.4 Å². The smallest absolute Gasteiger partial charge is 0.248 e. The number of hydrogen-bond donors (Lipinski definition) is 2. The van der Waals surface area contributed by atoms with Crippen molar-refractivity contribution in [3.63, 3.8) is 0 Å². The monoisotopic (exact) mass is 254 g/mol. The molecular weight excluding hydrogens is 232 g/mol. The molecule has 2 rings (SSSR count). The first-order chi connectivity index (χ1) is 7.88. The number of carbonyl (C=O) groups is 1. The Morgan fingerprint density at radius 3 is 2.18 bits per heavy atom. The Hall–Kier alpha value is -0.640. The maximum atomic E-state index is 11.7. The summed E-state index contributed by atoms with van der Waals surface area (Å²) in [7, 11) is 0. The Morgan fingerprint density at radius 2 is 1.76 bits per heavy atom. The van der Waals surface area contributed by atoms with Crippen LogP contribution in [0.1, 0.15) is 46.5 Å². The molecule has 2 aliphatic rings. The molecule has 96 valence electrons. The van der Waals surface area contributed by atoms with E-state index in [1.54, 1.807) is 0 Å². The molecule has 0 aromatic carbocycles. The van der Waals surface area contributed by atoms with E-state index < -0.39 is 0 Å². The molecule has 1 saturated heterocycles. The molecular formula is C13H22N2OS. The van der Waals surface area contributed by atoms with Gasteiger partial charge >= 0.3 is 0 Å². The molecule has 4 heteroatoms. The fourth-order valence-electron chi connectivity index (χ4n) is 3.08.